The number of hydrogen-bond acceptors (Lipinski definition) is 5. The Morgan fingerprint density at radius 3 is 1.78 bits per heavy atom. The summed E-state index contributed by atoms with van der Waals surface area (Å²) in [5.74, 6) is -0.885. The Morgan fingerprint density at radius 1 is 0.838 bits per heavy atom. The van der Waals surface area contributed by atoms with E-state index in [1.54, 1.807) is 30.9 Å². The van der Waals surface area contributed by atoms with E-state index in [1.807, 2.05) is 70.2 Å². The number of hydrogen-bond donors (Lipinski definition) is 4. The van der Waals surface area contributed by atoms with Crippen molar-refractivity contribution >= 4 is 5.91 Å². The largest absolute Gasteiger partial charge is 0.508 e. The third-order valence-corrected chi connectivity index (χ3v) is 4.73. The number of carbonyl (C=O) groups excluding carboxylic acids is 1. The summed E-state index contributed by atoms with van der Waals surface area (Å²) in [6.45, 7) is 19.2. The Hall–Kier alpha value is -4.19. The molecule has 3 rings (SSSR count). The molecule has 0 saturated heterocycles. The van der Waals surface area contributed by atoms with Gasteiger partial charge in [0, 0.05) is 18.7 Å². The zero-order valence-electron chi connectivity index (χ0n) is 22.8. The summed E-state index contributed by atoms with van der Waals surface area (Å²) < 4.78 is 0. The number of rotatable bonds is 5. The van der Waals surface area contributed by atoms with Crippen molar-refractivity contribution in [3.8, 4) is 23.0 Å². The highest BCUT2D eigenvalue weighted by molar-refractivity contribution is 5.92. The highest BCUT2D eigenvalue weighted by Gasteiger charge is 2.15. The average Bonchev–Trinajstić information content (AvgIpc) is 2.86. The first kappa shape index (κ1) is 32.8. The molecule has 0 spiro atoms. The summed E-state index contributed by atoms with van der Waals surface area (Å²) in [6.07, 6.45) is 1.75. The van der Waals surface area contributed by atoms with Gasteiger partial charge in [0.1, 0.15) is 5.75 Å². The van der Waals surface area contributed by atoms with E-state index in [0.717, 1.165) is 16.7 Å². The van der Waals surface area contributed by atoms with Crippen molar-refractivity contribution in [2.24, 2.45) is 0 Å². The van der Waals surface area contributed by atoms with Crippen LogP contribution in [0.4, 0.5) is 0 Å². The van der Waals surface area contributed by atoms with E-state index < -0.39 is 5.75 Å². The van der Waals surface area contributed by atoms with Gasteiger partial charge in [0.15, 0.2) is 17.2 Å². The number of phenols is 4. The molecule has 0 unspecified atom stereocenters. The Kier molecular flexibility index (Phi) is 15.3. The zero-order chi connectivity index (χ0) is 28.5. The highest BCUT2D eigenvalue weighted by atomic mass is 16.3. The molecule has 37 heavy (non-hydrogen) atoms. The predicted molar refractivity (Wildman–Crippen MR) is 152 cm³/mol. The molecule has 0 radical (unpaired) electrons. The number of allylic oxidation sites excluding steroid dienone is 1. The van der Waals surface area contributed by atoms with Crippen LogP contribution in [-0.2, 0) is 17.9 Å². The molecule has 0 atom stereocenters. The van der Waals surface area contributed by atoms with Crippen LogP contribution in [0.2, 0.25) is 0 Å². The normalized spacial score (nSPS) is 9.24. The Balaban J connectivity index is 0.000000717. The Bertz CT molecular complexity index is 1120. The molecule has 4 N–H and O–H groups in total. The molecule has 0 heterocycles. The van der Waals surface area contributed by atoms with Crippen LogP contribution in [0.1, 0.15) is 49.9 Å². The third kappa shape index (κ3) is 11.9. The number of benzene rings is 3. The molecule has 0 bridgehead atoms. The van der Waals surface area contributed by atoms with Gasteiger partial charge in [0.2, 0.25) is 5.91 Å². The van der Waals surface area contributed by atoms with Crippen LogP contribution < -0.4 is 0 Å². The lowest BCUT2D eigenvalue weighted by Crippen LogP contribution is -2.30. The number of aryl methyl sites for hydroxylation is 2. The van der Waals surface area contributed by atoms with E-state index in [1.165, 1.54) is 12.1 Å². The molecule has 0 aliphatic rings. The first-order valence-electron chi connectivity index (χ1n) is 12.1. The van der Waals surface area contributed by atoms with Gasteiger partial charge in [-0.15, -0.1) is 6.58 Å². The van der Waals surface area contributed by atoms with Crippen molar-refractivity contribution in [2.75, 3.05) is 0 Å². The highest BCUT2D eigenvalue weighted by Crippen LogP contribution is 2.34. The van der Waals surface area contributed by atoms with Gasteiger partial charge in [-0.3, -0.25) is 4.79 Å². The van der Waals surface area contributed by atoms with E-state index in [9.17, 15) is 9.90 Å². The fourth-order valence-corrected chi connectivity index (χ4v) is 2.99. The maximum absolute atomic E-state index is 12.4. The monoisotopic (exact) mass is 507 g/mol. The first-order chi connectivity index (χ1) is 17.5. The van der Waals surface area contributed by atoms with E-state index in [2.05, 4.69) is 13.2 Å². The summed E-state index contributed by atoms with van der Waals surface area (Å²) >= 11 is 0. The van der Waals surface area contributed by atoms with Crippen molar-refractivity contribution in [1.29, 1.82) is 0 Å². The number of amides is 1. The molecule has 0 saturated carbocycles. The van der Waals surface area contributed by atoms with Crippen molar-refractivity contribution in [2.45, 2.75) is 54.6 Å². The van der Waals surface area contributed by atoms with E-state index in [4.69, 9.17) is 15.3 Å². The quantitative estimate of drug-likeness (QED) is 0.167. The molecule has 6 nitrogen and oxygen atoms in total. The van der Waals surface area contributed by atoms with E-state index >= 15 is 0 Å². The average molecular weight is 508 g/mol. The molecule has 6 heteroatoms. The minimum Gasteiger partial charge on any atom is -0.508 e. The van der Waals surface area contributed by atoms with Crippen LogP contribution in [0.5, 0.6) is 23.0 Å². The molecule has 200 valence electrons. The van der Waals surface area contributed by atoms with Gasteiger partial charge in [-0.2, -0.15) is 0 Å². The first-order valence-corrected chi connectivity index (χ1v) is 12.1. The van der Waals surface area contributed by atoms with Crippen LogP contribution >= 0.6 is 0 Å². The lowest BCUT2D eigenvalue weighted by molar-refractivity contribution is -0.128. The van der Waals surface area contributed by atoms with Crippen LogP contribution in [0.15, 0.2) is 85.5 Å². The smallest absolute Gasteiger partial charge is 0.249 e. The van der Waals surface area contributed by atoms with Crippen LogP contribution in [0, 0.1) is 13.8 Å². The summed E-state index contributed by atoms with van der Waals surface area (Å²) in [5.41, 5.74) is 3.99. The molecule has 0 aromatic heterocycles. The maximum Gasteiger partial charge on any atom is 0.249 e. The minimum absolute atomic E-state index is 0.0797. The van der Waals surface area contributed by atoms with Crippen molar-refractivity contribution in [3.63, 3.8) is 0 Å². The van der Waals surface area contributed by atoms with E-state index in [-0.39, 0.29) is 23.2 Å². The van der Waals surface area contributed by atoms with Crippen LogP contribution in [-0.4, -0.2) is 31.2 Å². The van der Waals surface area contributed by atoms with Crippen LogP contribution in [0.3, 0.4) is 0 Å². The third-order valence-electron chi connectivity index (χ3n) is 4.73. The van der Waals surface area contributed by atoms with Gasteiger partial charge < -0.3 is 25.3 Å². The second-order valence-corrected chi connectivity index (χ2v) is 8.11. The van der Waals surface area contributed by atoms with Gasteiger partial charge in [0.25, 0.3) is 0 Å². The van der Waals surface area contributed by atoms with Crippen molar-refractivity contribution < 1.29 is 25.2 Å². The Labute approximate surface area is 221 Å². The van der Waals surface area contributed by atoms with Crippen molar-refractivity contribution in [1.82, 2.24) is 4.90 Å². The molecule has 0 aliphatic carbocycles. The number of carbonyl (C=O) groups is 1. The standard InChI is InChI=1S/C19H21NO2.C7H8O3.C3H6.C2H6/c1-14(2)19(22)20(12-16-7-5-4-6-8-16)13-17-10-9-15(3)18(21)11-17;1-4-2-5(8)7(10)6(9)3-4;1-3-2;1-2/h4-11,21H,1,12-13H2,2-3H3;2-3,8-10H,1H3;3H,1H2,2H3;1-2H3. The molecular weight excluding hydrogens is 466 g/mol. The summed E-state index contributed by atoms with van der Waals surface area (Å²) in [6, 6.07) is 18.1. The number of aromatic hydroxyl groups is 4. The topological polar surface area (TPSA) is 101 Å². The van der Waals surface area contributed by atoms with Crippen LogP contribution in [0.25, 0.3) is 0 Å². The van der Waals surface area contributed by atoms with Gasteiger partial charge >= 0.3 is 0 Å². The maximum atomic E-state index is 12.4. The SMILES string of the molecule is C=C(C)C(=O)N(Cc1ccccc1)Cc1ccc(C)c(O)c1.C=CC.CC.Cc1cc(O)c(O)c(O)c1. The minimum atomic E-state index is -0.467. The number of phenolic OH excluding ortho intramolecular Hbond substituents is 4. The van der Waals surface area contributed by atoms with Crippen molar-refractivity contribution in [3.05, 3.63) is 108 Å². The lowest BCUT2D eigenvalue weighted by atomic mass is 10.1. The zero-order valence-corrected chi connectivity index (χ0v) is 22.8. The lowest BCUT2D eigenvalue weighted by Gasteiger charge is -2.23. The second-order valence-electron chi connectivity index (χ2n) is 8.11. The molecule has 3 aromatic rings. The molecule has 3 aromatic carbocycles. The van der Waals surface area contributed by atoms with Gasteiger partial charge in [-0.05, 0) is 68.1 Å². The van der Waals surface area contributed by atoms with Gasteiger partial charge in [-0.25, -0.2) is 0 Å². The summed E-state index contributed by atoms with van der Waals surface area (Å²) in [4.78, 5) is 14.1. The molecule has 1 amide bonds. The fraction of sp³-hybridized carbons (Fsp3) is 0.258. The fourth-order valence-electron chi connectivity index (χ4n) is 2.99. The number of nitrogens with zero attached hydrogens (tertiary/aromatic N) is 1. The summed E-state index contributed by atoms with van der Waals surface area (Å²) in [5, 5.41) is 36.4. The van der Waals surface area contributed by atoms with E-state index in [0.29, 0.717) is 24.2 Å². The second kappa shape index (κ2) is 17.3. The van der Waals surface area contributed by atoms with Gasteiger partial charge in [0.05, 0.1) is 0 Å². The van der Waals surface area contributed by atoms with Gasteiger partial charge in [-0.1, -0.05) is 69.0 Å². The summed E-state index contributed by atoms with van der Waals surface area (Å²) in [7, 11) is 0. The predicted octanol–water partition coefficient (Wildman–Crippen LogP) is 7.14. The molecule has 0 aliphatic heterocycles. The Morgan fingerprint density at radius 2 is 1.32 bits per heavy atom. The molecular formula is C31H41NO5. The molecule has 0 fully saturated rings.